The van der Waals surface area contributed by atoms with Crippen LogP contribution in [0.2, 0.25) is 0 Å². The van der Waals surface area contributed by atoms with Gasteiger partial charge in [-0.05, 0) is 390 Å². The van der Waals surface area contributed by atoms with E-state index in [0.29, 0.717) is 112 Å². The van der Waals surface area contributed by atoms with Crippen molar-refractivity contribution < 1.29 is 66.7 Å². The van der Waals surface area contributed by atoms with Crippen molar-refractivity contribution in [2.75, 3.05) is 46.8 Å². The highest BCUT2D eigenvalue weighted by atomic mass is 16.6. The Kier molecular flexibility index (Phi) is 51.3. The minimum atomic E-state index is 0.257. The molecule has 14 nitrogen and oxygen atoms in total. The fourth-order valence-corrected chi connectivity index (χ4v) is 28.8. The molecule has 0 bridgehead atoms. The molecule has 32 atom stereocenters. The van der Waals surface area contributed by atoms with Gasteiger partial charge in [0.25, 0.3) is 0 Å². The first-order valence-electron chi connectivity index (χ1n) is 64.1. The van der Waals surface area contributed by atoms with Crippen molar-refractivity contribution in [3.05, 3.63) is 0 Å². The second kappa shape index (κ2) is 59.7. The van der Waals surface area contributed by atoms with E-state index in [-0.39, 0.29) is 16.8 Å². The van der Waals surface area contributed by atoms with Crippen LogP contribution in [0.15, 0.2) is 0 Å². The fourth-order valence-electron chi connectivity index (χ4n) is 28.8. The number of ether oxygens (including phenoxy) is 13. The minimum Gasteiger partial charge on any atom is -0.396 e. The number of unbranched alkanes of at least 4 members (excludes halogenated alkanes) is 16. The Morgan fingerprint density at radius 1 is 0.285 bits per heavy atom. The average Bonchev–Trinajstić information content (AvgIpc) is 1.57. The Hall–Kier alpha value is -0.560. The first kappa shape index (κ1) is 124. The summed E-state index contributed by atoms with van der Waals surface area (Å²) in [6, 6.07) is 0. The van der Waals surface area contributed by atoms with Crippen molar-refractivity contribution in [2.45, 2.75) is 706 Å². The van der Waals surface area contributed by atoms with Gasteiger partial charge in [0.05, 0.1) is 117 Å². The predicted octanol–water partition coefficient (Wildman–Crippen LogP) is 35.4. The van der Waals surface area contributed by atoms with Crippen LogP contribution < -0.4 is 0 Å². The van der Waals surface area contributed by atoms with Gasteiger partial charge in [-0.1, -0.05) is 276 Å². The van der Waals surface area contributed by atoms with E-state index in [0.717, 1.165) is 110 Å². The number of hydrogen-bond donors (Lipinski definition) is 1. The molecule has 144 heavy (non-hydrogen) atoms. The lowest BCUT2D eigenvalue weighted by molar-refractivity contribution is 0.0804. The zero-order valence-electron chi connectivity index (χ0n) is 99.3. The standard InChI is InChI=1S/C16H30O2.C16H30O.C15H28O2.C14H26O2.2C13H24O.C11H20O2.2C11H20O.C10H18O/c1-4-6-13(5-2)12-17-10-8-14-7-9-16(3)15(11-14)18-16;1-3-4-5-6-7-8-9-10-14-11-12-16(2)15(13-14)17-16;1-3-4-10-16-11-6-5-7-13-8-9-15(2)14(12-13)17-15;1-11-10-14(2)13(16-14)9-12(11)7-5-3-4-6-8-15;1-4-6-7-13(5-2)9-8-12(3)11(10-13)14-12;1-3-4-5-6-7-11-8-9-13(2)12(10-11)14-13;1-11-6-5-9(4-3-7-12-2)8-10(11)13-11;1-8(2)6-9-4-5-11(3)10(7-9)12-11;1-3-4-5-9-6-7-11(2)10(8-9)12-11;1-3-4-8-5-6-10(2)9(7-8)11-10/h13-15H,4-12H2,1-3H3;14-15H,3-13H2,1-2H3;13-14H,3-12H2,1-2H3;11-13,15H,3-10H2,1-2H3;11H,4-10H2,1-3H3;11-12H,3-10H2,1-2H3;9-10H,3-8H2,1-2H3;8-10H,4-7H2,1-3H3;9-10H,3-8H2,1-2H3;8-9H,3-7H2,1-2H3. The maximum Gasteiger partial charge on any atom is 0.0923 e. The molecular weight excluding hydrogens is 1790 g/mol. The van der Waals surface area contributed by atoms with Gasteiger partial charge >= 0.3 is 0 Å². The molecule has 0 spiro atoms. The van der Waals surface area contributed by atoms with Crippen molar-refractivity contribution in [1.82, 2.24) is 0 Å². The lowest BCUT2D eigenvalue weighted by atomic mass is 9.67. The van der Waals surface area contributed by atoms with Gasteiger partial charge in [-0.25, -0.2) is 0 Å². The van der Waals surface area contributed by atoms with Gasteiger partial charge in [-0.2, -0.15) is 0 Å². The molecule has 20 rings (SSSR count). The van der Waals surface area contributed by atoms with Gasteiger partial charge in [0.15, 0.2) is 0 Å². The molecule has 1 N–H and O–H groups in total. The van der Waals surface area contributed by atoms with Crippen molar-refractivity contribution in [1.29, 1.82) is 0 Å². The zero-order valence-corrected chi connectivity index (χ0v) is 99.3. The maximum atomic E-state index is 8.71. The molecule has 20 aliphatic rings. The molecule has 10 heterocycles. The van der Waals surface area contributed by atoms with E-state index in [4.69, 9.17) is 66.7 Å². The predicted molar refractivity (Wildman–Crippen MR) is 600 cm³/mol. The molecule has 0 radical (unpaired) electrons. The average molecular weight is 2030 g/mol. The van der Waals surface area contributed by atoms with Crippen LogP contribution in [0.25, 0.3) is 0 Å². The van der Waals surface area contributed by atoms with E-state index in [1.165, 1.54) is 430 Å². The van der Waals surface area contributed by atoms with Gasteiger partial charge in [0.2, 0.25) is 0 Å². The molecule has 0 aromatic rings. The zero-order chi connectivity index (χ0) is 104. The Labute approximate surface area is 890 Å². The summed E-state index contributed by atoms with van der Waals surface area (Å²) in [5.41, 5.74) is 3.63. The van der Waals surface area contributed by atoms with Crippen LogP contribution in [-0.2, 0) is 61.6 Å². The van der Waals surface area contributed by atoms with Crippen molar-refractivity contribution in [2.24, 2.45) is 76.4 Å². The summed E-state index contributed by atoms with van der Waals surface area (Å²) >= 11 is 0. The molecule has 14 heteroatoms. The highest BCUT2D eigenvalue weighted by Gasteiger charge is 2.63. The van der Waals surface area contributed by atoms with E-state index < -0.39 is 0 Å². The third-order valence-electron chi connectivity index (χ3n) is 41.4. The topological polar surface area (TPSA) is 173 Å². The number of aliphatic hydroxyl groups excluding tert-OH is 1. The number of hydrogen-bond acceptors (Lipinski definition) is 14. The normalized spacial score (nSPS) is 41.2. The SMILES string of the molecule is CC(C)CC1CCC2(C)OC2C1.CC1CC2(C)OC2CC1CCCCCCO.CCCC(CC)COCCC1CCC2(C)OC2C1.CCCC1CCC2(C)OC2C1.CCCCC1(CC)CCC2(C)OC2C1.CCCCC1CCC2(C)OC2C1.CCCCCCC1CCC2(C)OC2C1.CCCCCCCCCC1CCC2(C)OC2C1.CCCCOCCCCC1CCC2(C)OC2C1.COCCCC1CCC2(C)OC2C1. The maximum absolute atomic E-state index is 8.71. The van der Waals surface area contributed by atoms with E-state index in [1.807, 2.05) is 0 Å². The van der Waals surface area contributed by atoms with Crippen LogP contribution >= 0.6 is 0 Å². The van der Waals surface area contributed by atoms with E-state index in [9.17, 15) is 0 Å². The summed E-state index contributed by atoms with van der Waals surface area (Å²) < 4.78 is 73.7. The summed E-state index contributed by atoms with van der Waals surface area (Å²) in [4.78, 5) is 0. The third-order valence-corrected chi connectivity index (χ3v) is 41.4. The highest BCUT2D eigenvalue weighted by Crippen LogP contribution is 2.60. The van der Waals surface area contributed by atoms with Gasteiger partial charge in [0.1, 0.15) is 0 Å². The minimum absolute atomic E-state index is 0.257. The summed E-state index contributed by atoms with van der Waals surface area (Å²) in [5.74, 6) is 10.9. The molecule has 10 saturated carbocycles. The molecule has 0 amide bonds. The first-order valence-corrected chi connectivity index (χ1v) is 64.1. The van der Waals surface area contributed by atoms with Gasteiger partial charge in [-0.15, -0.1) is 0 Å². The monoisotopic (exact) mass is 2030 g/mol. The number of aliphatic hydroxyl groups is 1. The number of rotatable bonds is 50. The molecule has 10 aliphatic heterocycles. The Morgan fingerprint density at radius 2 is 0.625 bits per heavy atom. The molecular formula is C130H240O14. The summed E-state index contributed by atoms with van der Waals surface area (Å²) in [7, 11) is 1.78. The number of epoxide rings is 10. The molecule has 0 aromatic heterocycles. The number of methoxy groups -OCH3 is 1. The lowest BCUT2D eigenvalue weighted by Gasteiger charge is -2.36. The lowest BCUT2D eigenvalue weighted by Crippen LogP contribution is -2.31. The molecule has 844 valence electrons. The highest BCUT2D eigenvalue weighted by molar-refractivity contribution is 5.12. The first-order chi connectivity index (χ1) is 69.0. The molecule has 32 unspecified atom stereocenters. The second-order valence-corrected chi connectivity index (χ2v) is 54.9. The van der Waals surface area contributed by atoms with Gasteiger partial charge in [-0.3, -0.25) is 0 Å². The molecule has 10 saturated heterocycles. The summed E-state index contributed by atoms with van der Waals surface area (Å²) in [6.45, 7) is 55.4. The summed E-state index contributed by atoms with van der Waals surface area (Å²) in [5, 5.41) is 8.71. The molecule has 0 aromatic carbocycles. The van der Waals surface area contributed by atoms with Crippen molar-refractivity contribution >= 4 is 0 Å². The fraction of sp³-hybridized carbons (Fsp3) is 1.00. The van der Waals surface area contributed by atoms with Crippen LogP contribution in [0.1, 0.15) is 589 Å². The van der Waals surface area contributed by atoms with Crippen LogP contribution in [-0.4, -0.2) is 169 Å². The molecule has 20 fully saturated rings. The van der Waals surface area contributed by atoms with Crippen LogP contribution in [0, 0.1) is 76.4 Å². The van der Waals surface area contributed by atoms with Gasteiger partial charge < -0.3 is 66.7 Å². The van der Waals surface area contributed by atoms with Crippen LogP contribution in [0.4, 0.5) is 0 Å². The smallest absolute Gasteiger partial charge is 0.0923 e. The van der Waals surface area contributed by atoms with E-state index in [2.05, 4.69) is 152 Å². The third kappa shape index (κ3) is 40.8. The van der Waals surface area contributed by atoms with Crippen LogP contribution in [0.3, 0.4) is 0 Å². The van der Waals surface area contributed by atoms with Crippen molar-refractivity contribution in [3.63, 3.8) is 0 Å². The molecule has 10 aliphatic carbocycles. The summed E-state index contributed by atoms with van der Waals surface area (Å²) in [6.07, 6.45) is 97.4. The quantitative estimate of drug-likeness (QED) is 0.0450. The van der Waals surface area contributed by atoms with Crippen molar-refractivity contribution in [3.8, 4) is 0 Å². The Bertz CT molecular complexity index is 3420. The number of fused-ring (bicyclic) bond motifs is 10. The van der Waals surface area contributed by atoms with E-state index in [1.54, 1.807) is 7.11 Å². The Balaban J connectivity index is 0.000000153. The largest absolute Gasteiger partial charge is 0.396 e. The van der Waals surface area contributed by atoms with E-state index >= 15 is 0 Å². The van der Waals surface area contributed by atoms with Gasteiger partial charge in [0, 0.05) is 46.8 Å². The second-order valence-electron chi connectivity index (χ2n) is 54.9. The van der Waals surface area contributed by atoms with Crippen LogP contribution in [0.5, 0.6) is 0 Å². The Morgan fingerprint density at radius 3 is 1.01 bits per heavy atom.